The van der Waals surface area contributed by atoms with Gasteiger partial charge in [-0.3, -0.25) is 4.79 Å². The SMILES string of the molecule is C=C(CC[C@@H](C(=O)O)[C@H]1[C@H](O)C[C@@]2(C)C3=CC[C@H]4C(C)(C)C(C)CC[C@]4(C)C3=CC[C@]12C)C(C)C. The molecule has 0 aliphatic heterocycles. The zero-order valence-electron chi connectivity index (χ0n) is 23.6. The number of fused-ring (bicyclic) bond motifs is 5. The van der Waals surface area contributed by atoms with Crippen molar-refractivity contribution in [1.29, 1.82) is 0 Å². The molecule has 0 spiro atoms. The minimum absolute atomic E-state index is 0.161. The minimum atomic E-state index is -0.765. The molecule has 0 saturated heterocycles. The summed E-state index contributed by atoms with van der Waals surface area (Å²) in [6.45, 7) is 22.9. The summed E-state index contributed by atoms with van der Waals surface area (Å²) in [5.74, 6) is 0.120. The second-order valence-corrected chi connectivity index (χ2v) is 14.2. The molecule has 0 amide bonds. The van der Waals surface area contributed by atoms with Crippen molar-refractivity contribution in [3.8, 4) is 0 Å². The van der Waals surface area contributed by atoms with E-state index in [1.807, 2.05) is 0 Å². The molecule has 196 valence electrons. The highest BCUT2D eigenvalue weighted by Crippen LogP contribution is 2.72. The zero-order chi connectivity index (χ0) is 26.1. The fraction of sp³-hybridized carbons (Fsp3) is 0.781. The maximum absolute atomic E-state index is 12.6. The highest BCUT2D eigenvalue weighted by Gasteiger charge is 2.66. The predicted octanol–water partition coefficient (Wildman–Crippen LogP) is 7.81. The molecule has 4 aliphatic carbocycles. The number of aliphatic hydroxyl groups excluding tert-OH is 1. The third-order valence-corrected chi connectivity index (χ3v) is 12.2. The number of hydrogen-bond acceptors (Lipinski definition) is 2. The fourth-order valence-electron chi connectivity index (χ4n) is 9.09. The van der Waals surface area contributed by atoms with E-state index in [9.17, 15) is 15.0 Å². The highest BCUT2D eigenvalue weighted by atomic mass is 16.4. The molecule has 0 heterocycles. The molecule has 8 atom stereocenters. The maximum Gasteiger partial charge on any atom is 0.306 e. The highest BCUT2D eigenvalue weighted by molar-refractivity contribution is 5.71. The monoisotopic (exact) mass is 482 g/mol. The number of hydrogen-bond donors (Lipinski definition) is 2. The van der Waals surface area contributed by atoms with Crippen LogP contribution in [0.15, 0.2) is 35.5 Å². The van der Waals surface area contributed by atoms with Crippen LogP contribution in [0.4, 0.5) is 0 Å². The van der Waals surface area contributed by atoms with Gasteiger partial charge < -0.3 is 10.2 Å². The molecule has 0 aromatic carbocycles. The number of aliphatic hydroxyl groups is 1. The van der Waals surface area contributed by atoms with Crippen LogP contribution in [0.1, 0.15) is 100 Å². The Kier molecular flexibility index (Phi) is 6.57. The lowest BCUT2D eigenvalue weighted by atomic mass is 9.43. The van der Waals surface area contributed by atoms with Crippen molar-refractivity contribution in [1.82, 2.24) is 0 Å². The number of carboxylic acids is 1. The molecule has 2 saturated carbocycles. The number of aliphatic carboxylic acids is 1. The van der Waals surface area contributed by atoms with Crippen molar-refractivity contribution in [3.63, 3.8) is 0 Å². The first-order valence-electron chi connectivity index (χ1n) is 14.1. The third kappa shape index (κ3) is 3.73. The molecule has 0 aromatic heterocycles. The summed E-state index contributed by atoms with van der Waals surface area (Å²) in [5.41, 5.74) is 4.02. The summed E-state index contributed by atoms with van der Waals surface area (Å²) < 4.78 is 0. The van der Waals surface area contributed by atoms with E-state index in [2.05, 4.69) is 74.1 Å². The van der Waals surface area contributed by atoms with Gasteiger partial charge in [0.2, 0.25) is 0 Å². The minimum Gasteiger partial charge on any atom is -0.481 e. The fourth-order valence-corrected chi connectivity index (χ4v) is 9.09. The summed E-state index contributed by atoms with van der Waals surface area (Å²) >= 11 is 0. The summed E-state index contributed by atoms with van der Waals surface area (Å²) in [6, 6.07) is 0. The lowest BCUT2D eigenvalue weighted by Crippen LogP contribution is -2.53. The van der Waals surface area contributed by atoms with Gasteiger partial charge in [0.05, 0.1) is 12.0 Å². The van der Waals surface area contributed by atoms with Crippen molar-refractivity contribution in [2.45, 2.75) is 106 Å². The largest absolute Gasteiger partial charge is 0.481 e. The number of allylic oxidation sites excluding steroid dienone is 5. The molecule has 3 heteroatoms. The standard InChI is InChI=1S/C32H50O3/c1-19(2)20(3)10-11-22(28(34)35)27-25(33)18-32(9)24-12-13-26-29(5,6)21(4)14-16-30(26,7)23(24)15-17-31(27,32)8/h12,15,19,21-22,25-27,33H,3,10-11,13-14,16-18H2,1-2,4-9H3,(H,34,35)/t21?,22-,25-,26+,27+,30-,31-,32+/m1/s1. The molecule has 0 radical (unpaired) electrons. The van der Waals surface area contributed by atoms with Gasteiger partial charge in [-0.15, -0.1) is 0 Å². The molecule has 1 unspecified atom stereocenters. The number of carboxylic acid groups (broad SMARTS) is 1. The van der Waals surface area contributed by atoms with E-state index in [1.165, 1.54) is 24.0 Å². The number of rotatable bonds is 6. The van der Waals surface area contributed by atoms with Gasteiger partial charge >= 0.3 is 5.97 Å². The topological polar surface area (TPSA) is 57.5 Å². The molecule has 3 nitrogen and oxygen atoms in total. The molecule has 0 bridgehead atoms. The predicted molar refractivity (Wildman–Crippen MR) is 144 cm³/mol. The van der Waals surface area contributed by atoms with E-state index in [1.54, 1.807) is 0 Å². The van der Waals surface area contributed by atoms with Crippen LogP contribution >= 0.6 is 0 Å². The Hall–Kier alpha value is -1.35. The van der Waals surface area contributed by atoms with Crippen molar-refractivity contribution < 1.29 is 15.0 Å². The summed E-state index contributed by atoms with van der Waals surface area (Å²) in [6.07, 6.45) is 10.7. The van der Waals surface area contributed by atoms with Crippen LogP contribution in [0, 0.1) is 51.2 Å². The molecule has 0 aromatic rings. The average molecular weight is 483 g/mol. The zero-order valence-corrected chi connectivity index (χ0v) is 23.6. The smallest absolute Gasteiger partial charge is 0.306 e. The molecule has 35 heavy (non-hydrogen) atoms. The van der Waals surface area contributed by atoms with E-state index in [4.69, 9.17) is 0 Å². The molecule has 2 fully saturated rings. The lowest BCUT2D eigenvalue weighted by molar-refractivity contribution is -0.148. The van der Waals surface area contributed by atoms with Gasteiger partial charge in [-0.05, 0) is 90.1 Å². The van der Waals surface area contributed by atoms with Crippen LogP contribution in [-0.4, -0.2) is 22.3 Å². The average Bonchev–Trinajstić information content (AvgIpc) is 2.97. The molecular weight excluding hydrogens is 432 g/mol. The quantitative estimate of drug-likeness (QED) is 0.380. The van der Waals surface area contributed by atoms with Crippen molar-refractivity contribution >= 4 is 5.97 Å². The van der Waals surface area contributed by atoms with E-state index in [-0.39, 0.29) is 22.2 Å². The normalized spacial score (nSPS) is 42.9. The Morgan fingerprint density at radius 1 is 1.14 bits per heavy atom. The molecule has 4 rings (SSSR count). The van der Waals surface area contributed by atoms with E-state index >= 15 is 0 Å². The second kappa shape index (κ2) is 8.61. The van der Waals surface area contributed by atoms with E-state index < -0.39 is 18.0 Å². The lowest BCUT2D eigenvalue weighted by Gasteiger charge is -2.61. The van der Waals surface area contributed by atoms with Crippen LogP contribution in [-0.2, 0) is 4.79 Å². The van der Waals surface area contributed by atoms with Gasteiger partial charge in [0.15, 0.2) is 0 Å². The Morgan fingerprint density at radius 2 is 1.80 bits per heavy atom. The van der Waals surface area contributed by atoms with Crippen LogP contribution in [0.2, 0.25) is 0 Å². The van der Waals surface area contributed by atoms with Gasteiger partial charge in [0, 0.05) is 11.3 Å². The molecule has 2 N–H and O–H groups in total. The van der Waals surface area contributed by atoms with Gasteiger partial charge in [0.1, 0.15) is 0 Å². The van der Waals surface area contributed by atoms with Gasteiger partial charge in [0.25, 0.3) is 0 Å². The first-order chi connectivity index (χ1) is 16.1. The van der Waals surface area contributed by atoms with Gasteiger partial charge in [-0.1, -0.05) is 79.7 Å². The van der Waals surface area contributed by atoms with Crippen molar-refractivity contribution in [3.05, 3.63) is 35.5 Å². The number of carbonyl (C=O) groups is 1. The van der Waals surface area contributed by atoms with Gasteiger partial charge in [-0.2, -0.15) is 0 Å². The third-order valence-electron chi connectivity index (χ3n) is 12.2. The van der Waals surface area contributed by atoms with E-state index in [0.29, 0.717) is 36.5 Å². The summed E-state index contributed by atoms with van der Waals surface area (Å²) in [7, 11) is 0. The maximum atomic E-state index is 12.6. The van der Waals surface area contributed by atoms with Gasteiger partial charge in [-0.25, -0.2) is 0 Å². The van der Waals surface area contributed by atoms with Crippen LogP contribution in [0.3, 0.4) is 0 Å². The van der Waals surface area contributed by atoms with Crippen LogP contribution in [0.25, 0.3) is 0 Å². The Balaban J connectivity index is 1.72. The van der Waals surface area contributed by atoms with Crippen LogP contribution in [0.5, 0.6) is 0 Å². The Bertz CT molecular complexity index is 954. The Morgan fingerprint density at radius 3 is 2.40 bits per heavy atom. The molecular formula is C32H50O3. The summed E-state index contributed by atoms with van der Waals surface area (Å²) in [5, 5.41) is 21.8. The van der Waals surface area contributed by atoms with Crippen LogP contribution < -0.4 is 0 Å². The second-order valence-electron chi connectivity index (χ2n) is 14.2. The van der Waals surface area contributed by atoms with Crippen molar-refractivity contribution in [2.75, 3.05) is 0 Å². The first kappa shape index (κ1) is 26.7. The summed E-state index contributed by atoms with van der Waals surface area (Å²) in [4.78, 5) is 12.6. The first-order valence-corrected chi connectivity index (χ1v) is 14.1. The van der Waals surface area contributed by atoms with Crippen molar-refractivity contribution in [2.24, 2.45) is 51.2 Å². The Labute approximate surface area is 214 Å². The van der Waals surface area contributed by atoms with E-state index in [0.717, 1.165) is 24.3 Å². The molecule has 4 aliphatic rings.